The summed E-state index contributed by atoms with van der Waals surface area (Å²) in [4.78, 5) is 0. The van der Waals surface area contributed by atoms with Gasteiger partial charge in [-0.2, -0.15) is 0 Å². The third kappa shape index (κ3) is 2.36. The molecule has 0 aromatic heterocycles. The zero-order chi connectivity index (χ0) is 13.5. The molecule has 0 aromatic carbocycles. The lowest BCUT2D eigenvalue weighted by Crippen LogP contribution is -2.44. The lowest BCUT2D eigenvalue weighted by molar-refractivity contribution is -0.117. The number of hydrogen-bond acceptors (Lipinski definition) is 1. The van der Waals surface area contributed by atoms with Crippen LogP contribution in [0.15, 0.2) is 12.2 Å². The Morgan fingerprint density at radius 3 is 2.55 bits per heavy atom. The normalized spacial score (nSPS) is 43.6. The van der Waals surface area contributed by atoms with Gasteiger partial charge in [-0.25, -0.2) is 0 Å². The van der Waals surface area contributed by atoms with E-state index in [9.17, 15) is 0 Å². The topological polar surface area (TPSA) is 9.23 Å². The molecule has 4 rings (SSSR count). The summed E-state index contributed by atoms with van der Waals surface area (Å²) in [6.45, 7) is 1.02. The first-order valence-corrected chi connectivity index (χ1v) is 9.10. The van der Waals surface area contributed by atoms with Crippen molar-refractivity contribution in [1.29, 1.82) is 0 Å². The Labute approximate surface area is 124 Å². The Morgan fingerprint density at radius 1 is 0.900 bits per heavy atom. The van der Waals surface area contributed by atoms with Crippen LogP contribution in [0, 0.1) is 17.3 Å². The number of rotatable bonds is 1. The minimum atomic E-state index is 0.291. The van der Waals surface area contributed by atoms with Crippen molar-refractivity contribution in [2.45, 2.75) is 82.7 Å². The van der Waals surface area contributed by atoms with E-state index in [1.54, 1.807) is 0 Å². The van der Waals surface area contributed by atoms with Gasteiger partial charge in [0.2, 0.25) is 0 Å². The summed E-state index contributed by atoms with van der Waals surface area (Å²) in [5, 5.41) is 0. The van der Waals surface area contributed by atoms with Crippen LogP contribution >= 0.6 is 0 Å². The highest BCUT2D eigenvalue weighted by Gasteiger charge is 2.45. The lowest BCUT2D eigenvalue weighted by Gasteiger charge is -2.50. The molecule has 1 nitrogen and oxygen atoms in total. The number of hydrogen-bond donors (Lipinski definition) is 0. The highest BCUT2D eigenvalue weighted by atomic mass is 16.5. The molecule has 0 bridgehead atoms. The second-order valence-electron chi connectivity index (χ2n) is 8.20. The smallest absolute Gasteiger partial charge is 0.0685 e. The number of ether oxygens (including phenoxy) is 1. The molecule has 1 heterocycles. The van der Waals surface area contributed by atoms with Gasteiger partial charge in [0.15, 0.2) is 0 Å². The van der Waals surface area contributed by atoms with Crippen LogP contribution < -0.4 is 0 Å². The summed E-state index contributed by atoms with van der Waals surface area (Å²) in [7, 11) is 0. The predicted octanol–water partition coefficient (Wildman–Crippen LogP) is 5.25. The maximum atomic E-state index is 6.30. The Hall–Kier alpha value is -0.300. The van der Waals surface area contributed by atoms with E-state index in [2.05, 4.69) is 12.2 Å². The average molecular weight is 274 g/mol. The standard InChI is InChI=1S/C19H30O/c1-2-13-20-19(11-1)12-4-7-17(15-19)16-6-3-8-18(14-16)9-5-10-18/h3,6,16-17H,1-2,4-5,7-15H2. The summed E-state index contributed by atoms with van der Waals surface area (Å²) in [6, 6.07) is 0. The molecule has 1 heteroatoms. The Bertz CT molecular complexity index is 368. The van der Waals surface area contributed by atoms with Crippen molar-refractivity contribution in [3.05, 3.63) is 12.2 Å². The van der Waals surface area contributed by atoms with Crippen LogP contribution in [0.3, 0.4) is 0 Å². The molecule has 3 atom stereocenters. The van der Waals surface area contributed by atoms with Gasteiger partial charge in [0.1, 0.15) is 0 Å². The molecule has 1 aliphatic heterocycles. The summed E-state index contributed by atoms with van der Waals surface area (Å²) < 4.78 is 6.30. The van der Waals surface area contributed by atoms with Gasteiger partial charge in [0.25, 0.3) is 0 Å². The van der Waals surface area contributed by atoms with E-state index in [1.807, 2.05) is 0 Å². The summed E-state index contributed by atoms with van der Waals surface area (Å²) in [5.41, 5.74) is 1.02. The van der Waals surface area contributed by atoms with E-state index in [1.165, 1.54) is 77.0 Å². The van der Waals surface area contributed by atoms with Crippen LogP contribution in [0.1, 0.15) is 77.0 Å². The van der Waals surface area contributed by atoms with Gasteiger partial charge < -0.3 is 4.74 Å². The fraction of sp³-hybridized carbons (Fsp3) is 0.895. The molecular formula is C19H30O. The maximum Gasteiger partial charge on any atom is 0.0685 e. The molecular weight excluding hydrogens is 244 g/mol. The molecule has 3 aliphatic carbocycles. The van der Waals surface area contributed by atoms with Gasteiger partial charge in [-0.3, -0.25) is 0 Å². The first kappa shape index (κ1) is 13.4. The minimum Gasteiger partial charge on any atom is -0.375 e. The quantitative estimate of drug-likeness (QED) is 0.593. The molecule has 0 amide bonds. The van der Waals surface area contributed by atoms with Crippen LogP contribution in [-0.2, 0) is 4.74 Å². The van der Waals surface area contributed by atoms with Crippen LogP contribution in [-0.4, -0.2) is 12.2 Å². The van der Waals surface area contributed by atoms with E-state index in [-0.39, 0.29) is 0 Å². The van der Waals surface area contributed by atoms with Crippen LogP contribution in [0.5, 0.6) is 0 Å². The first-order valence-electron chi connectivity index (χ1n) is 9.10. The van der Waals surface area contributed by atoms with Gasteiger partial charge in [-0.1, -0.05) is 25.0 Å². The first-order chi connectivity index (χ1) is 9.79. The highest BCUT2D eigenvalue weighted by molar-refractivity contribution is 5.08. The molecule has 0 radical (unpaired) electrons. The molecule has 2 saturated carbocycles. The molecule has 4 aliphatic rings. The van der Waals surface area contributed by atoms with Crippen molar-refractivity contribution in [3.63, 3.8) is 0 Å². The molecule has 20 heavy (non-hydrogen) atoms. The van der Waals surface area contributed by atoms with Gasteiger partial charge in [0, 0.05) is 6.61 Å². The third-order valence-corrected chi connectivity index (χ3v) is 6.90. The zero-order valence-electron chi connectivity index (χ0n) is 12.9. The Balaban J connectivity index is 1.45. The van der Waals surface area contributed by atoms with E-state index >= 15 is 0 Å². The van der Waals surface area contributed by atoms with E-state index in [0.717, 1.165) is 23.9 Å². The van der Waals surface area contributed by atoms with Gasteiger partial charge in [0.05, 0.1) is 5.60 Å². The molecule has 112 valence electrons. The molecule has 0 N–H and O–H groups in total. The maximum absolute atomic E-state index is 6.30. The van der Waals surface area contributed by atoms with Gasteiger partial charge in [-0.05, 0) is 81.5 Å². The van der Waals surface area contributed by atoms with Crippen molar-refractivity contribution < 1.29 is 4.74 Å². The Kier molecular flexibility index (Phi) is 3.45. The van der Waals surface area contributed by atoms with Crippen molar-refractivity contribution in [2.75, 3.05) is 6.61 Å². The lowest BCUT2D eigenvalue weighted by atomic mass is 9.57. The SMILES string of the molecule is C1=CC(C2CCCC3(CCCCO3)C2)CC2(C1)CCC2. The van der Waals surface area contributed by atoms with Crippen molar-refractivity contribution >= 4 is 0 Å². The van der Waals surface area contributed by atoms with E-state index in [0.29, 0.717) is 5.60 Å². The molecule has 2 spiro atoms. The van der Waals surface area contributed by atoms with Crippen LogP contribution in [0.4, 0.5) is 0 Å². The van der Waals surface area contributed by atoms with Crippen LogP contribution in [0.25, 0.3) is 0 Å². The van der Waals surface area contributed by atoms with Gasteiger partial charge in [-0.15, -0.1) is 0 Å². The van der Waals surface area contributed by atoms with Crippen molar-refractivity contribution in [3.8, 4) is 0 Å². The second kappa shape index (κ2) is 5.16. The fourth-order valence-electron chi connectivity index (χ4n) is 5.56. The Morgan fingerprint density at radius 2 is 1.80 bits per heavy atom. The van der Waals surface area contributed by atoms with Crippen LogP contribution in [0.2, 0.25) is 0 Å². The van der Waals surface area contributed by atoms with E-state index in [4.69, 9.17) is 4.74 Å². The largest absolute Gasteiger partial charge is 0.375 e. The summed E-state index contributed by atoms with van der Waals surface area (Å²) in [6.07, 6.45) is 22.0. The minimum absolute atomic E-state index is 0.291. The third-order valence-electron chi connectivity index (χ3n) is 6.90. The second-order valence-corrected chi connectivity index (χ2v) is 8.20. The van der Waals surface area contributed by atoms with E-state index < -0.39 is 0 Å². The molecule has 3 unspecified atom stereocenters. The highest BCUT2D eigenvalue weighted by Crippen LogP contribution is 2.54. The summed E-state index contributed by atoms with van der Waals surface area (Å²) >= 11 is 0. The fourth-order valence-corrected chi connectivity index (χ4v) is 5.56. The molecule has 0 aromatic rings. The zero-order valence-corrected chi connectivity index (χ0v) is 12.9. The molecule has 1 saturated heterocycles. The predicted molar refractivity (Wildman–Crippen MR) is 82.6 cm³/mol. The van der Waals surface area contributed by atoms with Crippen molar-refractivity contribution in [2.24, 2.45) is 17.3 Å². The van der Waals surface area contributed by atoms with Gasteiger partial charge >= 0.3 is 0 Å². The number of allylic oxidation sites excluding steroid dienone is 2. The summed E-state index contributed by atoms with van der Waals surface area (Å²) in [5.74, 6) is 1.78. The monoisotopic (exact) mass is 274 g/mol. The average Bonchev–Trinajstić information content (AvgIpc) is 2.47. The molecule has 3 fully saturated rings. The van der Waals surface area contributed by atoms with Crippen molar-refractivity contribution in [1.82, 2.24) is 0 Å².